The second kappa shape index (κ2) is 6.54. The Hall–Kier alpha value is -1.59. The van der Waals surface area contributed by atoms with Crippen LogP contribution in [0.4, 0.5) is 0 Å². The molecule has 5 nitrogen and oxygen atoms in total. The van der Waals surface area contributed by atoms with Gasteiger partial charge in [0.1, 0.15) is 10.9 Å². The SMILES string of the molecule is O=C1NN=C(Cl)CC1c1ccc(OCCCO)cc1. The zero-order chi connectivity index (χ0) is 13.7. The molecule has 2 N–H and O–H groups in total. The summed E-state index contributed by atoms with van der Waals surface area (Å²) in [6, 6.07) is 7.29. The lowest BCUT2D eigenvalue weighted by Gasteiger charge is -2.19. The standard InChI is InChI=1S/C13H15ClN2O3/c14-12-8-11(13(18)16-15-12)9-2-4-10(5-3-9)19-7-1-6-17/h2-5,11,17H,1,6-8H2,(H,16,18). The molecule has 1 unspecified atom stereocenters. The predicted molar refractivity (Wildman–Crippen MR) is 72.4 cm³/mol. The van der Waals surface area contributed by atoms with Gasteiger partial charge < -0.3 is 9.84 Å². The maximum absolute atomic E-state index is 11.7. The van der Waals surface area contributed by atoms with Crippen molar-refractivity contribution in [1.29, 1.82) is 0 Å². The highest BCUT2D eigenvalue weighted by atomic mass is 35.5. The second-order valence-electron chi connectivity index (χ2n) is 4.22. The second-order valence-corrected chi connectivity index (χ2v) is 4.65. The first-order valence-electron chi connectivity index (χ1n) is 6.06. The zero-order valence-corrected chi connectivity index (χ0v) is 11.1. The summed E-state index contributed by atoms with van der Waals surface area (Å²) in [6.45, 7) is 0.580. The van der Waals surface area contributed by atoms with E-state index in [0.717, 1.165) is 5.56 Å². The van der Waals surface area contributed by atoms with Crippen molar-refractivity contribution in [1.82, 2.24) is 5.43 Å². The Morgan fingerprint density at radius 1 is 1.42 bits per heavy atom. The van der Waals surface area contributed by atoms with E-state index in [-0.39, 0.29) is 18.4 Å². The molecule has 1 atom stereocenters. The highest BCUT2D eigenvalue weighted by molar-refractivity contribution is 6.65. The summed E-state index contributed by atoms with van der Waals surface area (Å²) in [5.74, 6) is 0.253. The molecule has 0 bridgehead atoms. The van der Waals surface area contributed by atoms with E-state index in [1.54, 1.807) is 12.1 Å². The lowest BCUT2D eigenvalue weighted by molar-refractivity contribution is -0.122. The minimum atomic E-state index is -0.309. The van der Waals surface area contributed by atoms with Crippen LogP contribution in [0.5, 0.6) is 5.75 Å². The number of carbonyl (C=O) groups is 1. The van der Waals surface area contributed by atoms with Crippen molar-refractivity contribution in [2.75, 3.05) is 13.2 Å². The molecule has 1 aliphatic rings. The molecule has 0 radical (unpaired) electrons. The van der Waals surface area contributed by atoms with Crippen LogP contribution >= 0.6 is 11.6 Å². The van der Waals surface area contributed by atoms with Gasteiger partial charge in [0.2, 0.25) is 5.91 Å². The monoisotopic (exact) mass is 282 g/mol. The number of hydrogen-bond acceptors (Lipinski definition) is 4. The van der Waals surface area contributed by atoms with Crippen molar-refractivity contribution in [3.63, 3.8) is 0 Å². The molecule has 2 rings (SSSR count). The van der Waals surface area contributed by atoms with Crippen LogP contribution in [0.3, 0.4) is 0 Å². The molecule has 1 heterocycles. The maximum Gasteiger partial charge on any atom is 0.248 e. The number of hydrazone groups is 1. The van der Waals surface area contributed by atoms with Gasteiger partial charge in [0.05, 0.1) is 12.5 Å². The third kappa shape index (κ3) is 3.68. The topological polar surface area (TPSA) is 70.9 Å². The van der Waals surface area contributed by atoms with Crippen LogP contribution in [-0.2, 0) is 4.79 Å². The number of carbonyl (C=O) groups excluding carboxylic acids is 1. The lowest BCUT2D eigenvalue weighted by atomic mass is 9.94. The number of benzene rings is 1. The first kappa shape index (κ1) is 13.8. The summed E-state index contributed by atoms with van der Waals surface area (Å²) in [6.07, 6.45) is 1.01. The number of nitrogens with one attached hydrogen (secondary N) is 1. The molecule has 19 heavy (non-hydrogen) atoms. The van der Waals surface area contributed by atoms with E-state index in [1.165, 1.54) is 0 Å². The first-order chi connectivity index (χ1) is 9.20. The average molecular weight is 283 g/mol. The number of halogens is 1. The number of rotatable bonds is 5. The number of hydrogen-bond donors (Lipinski definition) is 2. The van der Waals surface area contributed by atoms with Crippen molar-refractivity contribution in [2.45, 2.75) is 18.8 Å². The van der Waals surface area contributed by atoms with Gasteiger partial charge in [-0.05, 0) is 17.7 Å². The zero-order valence-electron chi connectivity index (χ0n) is 10.3. The fourth-order valence-electron chi connectivity index (χ4n) is 1.82. The molecule has 0 fully saturated rings. The van der Waals surface area contributed by atoms with Crippen LogP contribution in [0.25, 0.3) is 0 Å². The molecule has 0 saturated heterocycles. The van der Waals surface area contributed by atoms with E-state index in [2.05, 4.69) is 10.5 Å². The van der Waals surface area contributed by atoms with Crippen molar-refractivity contribution in [3.05, 3.63) is 29.8 Å². The molecule has 0 aliphatic carbocycles. The van der Waals surface area contributed by atoms with Crippen LogP contribution in [-0.4, -0.2) is 29.4 Å². The van der Waals surface area contributed by atoms with Crippen LogP contribution in [0, 0.1) is 0 Å². The van der Waals surface area contributed by atoms with Crippen molar-refractivity contribution >= 4 is 22.7 Å². The summed E-state index contributed by atoms with van der Waals surface area (Å²) in [5.41, 5.74) is 3.27. The van der Waals surface area contributed by atoms with Gasteiger partial charge in [-0.15, -0.1) is 0 Å². The number of nitrogens with zero attached hydrogens (tertiary/aromatic N) is 1. The van der Waals surface area contributed by atoms with Crippen molar-refractivity contribution < 1.29 is 14.6 Å². The van der Waals surface area contributed by atoms with Crippen LogP contribution in [0.15, 0.2) is 29.4 Å². The summed E-state index contributed by atoms with van der Waals surface area (Å²) in [7, 11) is 0. The molecule has 1 aliphatic heterocycles. The smallest absolute Gasteiger partial charge is 0.248 e. The number of aliphatic hydroxyl groups excluding tert-OH is 1. The Balaban J connectivity index is 2.01. The Morgan fingerprint density at radius 3 is 2.84 bits per heavy atom. The number of aliphatic hydroxyl groups is 1. The lowest BCUT2D eigenvalue weighted by Crippen LogP contribution is -2.31. The molecule has 0 saturated carbocycles. The highest BCUT2D eigenvalue weighted by Crippen LogP contribution is 2.26. The van der Waals surface area contributed by atoms with E-state index >= 15 is 0 Å². The largest absolute Gasteiger partial charge is 0.494 e. The van der Waals surface area contributed by atoms with Gasteiger partial charge in [-0.2, -0.15) is 5.10 Å². The quantitative estimate of drug-likeness (QED) is 0.806. The Labute approximate surface area is 116 Å². The van der Waals surface area contributed by atoms with Crippen LogP contribution in [0.2, 0.25) is 0 Å². The van der Waals surface area contributed by atoms with Crippen molar-refractivity contribution in [2.24, 2.45) is 5.10 Å². The summed E-state index contributed by atoms with van der Waals surface area (Å²) in [4.78, 5) is 11.7. The number of ether oxygens (including phenoxy) is 1. The van der Waals surface area contributed by atoms with Crippen LogP contribution < -0.4 is 10.2 Å². The normalized spacial score (nSPS) is 18.7. The summed E-state index contributed by atoms with van der Waals surface area (Å²) >= 11 is 5.83. The summed E-state index contributed by atoms with van der Waals surface area (Å²) in [5, 5.41) is 12.7. The maximum atomic E-state index is 11.7. The fraction of sp³-hybridized carbons (Fsp3) is 0.385. The number of amides is 1. The van der Waals surface area contributed by atoms with Crippen LogP contribution in [0.1, 0.15) is 24.3 Å². The van der Waals surface area contributed by atoms with Gasteiger partial charge >= 0.3 is 0 Å². The highest BCUT2D eigenvalue weighted by Gasteiger charge is 2.25. The Bertz CT molecular complexity index is 473. The van der Waals surface area contributed by atoms with E-state index in [0.29, 0.717) is 30.4 Å². The minimum absolute atomic E-state index is 0.109. The molecule has 6 heteroatoms. The molecule has 0 aromatic heterocycles. The summed E-state index contributed by atoms with van der Waals surface area (Å²) < 4.78 is 5.43. The van der Waals surface area contributed by atoms with Gasteiger partial charge in [0.25, 0.3) is 0 Å². The average Bonchev–Trinajstić information content (AvgIpc) is 2.43. The first-order valence-corrected chi connectivity index (χ1v) is 6.44. The fourth-order valence-corrected chi connectivity index (χ4v) is 2.02. The van der Waals surface area contributed by atoms with Gasteiger partial charge in [0.15, 0.2) is 0 Å². The third-order valence-corrected chi connectivity index (χ3v) is 3.07. The molecule has 1 aromatic rings. The molecule has 102 valence electrons. The molecular formula is C13H15ClN2O3. The van der Waals surface area contributed by atoms with Crippen molar-refractivity contribution in [3.8, 4) is 5.75 Å². The van der Waals surface area contributed by atoms with E-state index in [4.69, 9.17) is 21.4 Å². The Kier molecular flexibility index (Phi) is 4.76. The van der Waals surface area contributed by atoms with Gasteiger partial charge in [0, 0.05) is 19.4 Å². The van der Waals surface area contributed by atoms with Gasteiger partial charge in [-0.1, -0.05) is 23.7 Å². The van der Waals surface area contributed by atoms with E-state index < -0.39 is 0 Å². The van der Waals surface area contributed by atoms with Gasteiger partial charge in [-0.3, -0.25) is 4.79 Å². The Morgan fingerprint density at radius 2 is 2.16 bits per heavy atom. The van der Waals surface area contributed by atoms with E-state index in [9.17, 15) is 4.79 Å². The predicted octanol–water partition coefficient (Wildman–Crippen LogP) is 1.60. The molecule has 1 aromatic carbocycles. The van der Waals surface area contributed by atoms with Gasteiger partial charge in [-0.25, -0.2) is 5.43 Å². The molecule has 1 amide bonds. The minimum Gasteiger partial charge on any atom is -0.494 e. The van der Waals surface area contributed by atoms with E-state index in [1.807, 2.05) is 12.1 Å². The molecular weight excluding hydrogens is 268 g/mol. The third-order valence-electron chi connectivity index (χ3n) is 2.83. The molecule has 0 spiro atoms.